The Morgan fingerprint density at radius 3 is 2.95 bits per heavy atom. The van der Waals surface area contributed by atoms with Crippen molar-refractivity contribution in [3.63, 3.8) is 0 Å². The Morgan fingerprint density at radius 2 is 2.20 bits per heavy atom. The Hall–Kier alpha value is -1.24. The summed E-state index contributed by atoms with van der Waals surface area (Å²) in [4.78, 5) is 4.32. The second-order valence-electron chi connectivity index (χ2n) is 4.47. The number of aromatic nitrogens is 3. The Balaban J connectivity index is 1.79. The summed E-state index contributed by atoms with van der Waals surface area (Å²) in [5, 5.41) is 7.67. The molecule has 5 nitrogen and oxygen atoms in total. The van der Waals surface area contributed by atoms with E-state index in [1.165, 1.54) is 5.56 Å². The molecule has 108 valence electrons. The highest BCUT2D eigenvalue weighted by Gasteiger charge is 2.02. The van der Waals surface area contributed by atoms with Gasteiger partial charge in [-0.3, -0.25) is 0 Å². The lowest BCUT2D eigenvalue weighted by atomic mass is 10.2. The first-order valence-corrected chi connectivity index (χ1v) is 7.44. The maximum atomic E-state index is 4.98. The van der Waals surface area contributed by atoms with Crippen molar-refractivity contribution in [2.45, 2.75) is 12.8 Å². The fourth-order valence-corrected chi connectivity index (χ4v) is 2.07. The normalized spacial score (nSPS) is 10.9. The number of halogens is 1. The van der Waals surface area contributed by atoms with Crippen LogP contribution in [0.5, 0.6) is 0 Å². The van der Waals surface area contributed by atoms with Crippen molar-refractivity contribution in [1.29, 1.82) is 0 Å². The largest absolute Gasteiger partial charge is 0.383 e. The Labute approximate surface area is 127 Å². The molecule has 0 saturated carbocycles. The van der Waals surface area contributed by atoms with E-state index in [0.717, 1.165) is 42.8 Å². The molecule has 2 rings (SSSR count). The molecule has 0 aliphatic carbocycles. The van der Waals surface area contributed by atoms with Gasteiger partial charge in [0.05, 0.1) is 12.8 Å². The van der Waals surface area contributed by atoms with Gasteiger partial charge in [-0.25, -0.2) is 9.67 Å². The summed E-state index contributed by atoms with van der Waals surface area (Å²) in [6.07, 6.45) is 7.81. The Bertz CT molecular complexity index is 512. The standard InChI is InChI=1S/C14H19BrN4O/c1-20-8-7-16-6-2-3-12-9-18-19(11-12)14-5-4-13(15)10-17-14/h4-5,9-11,16H,2-3,6-8H2,1H3. The lowest BCUT2D eigenvalue weighted by Crippen LogP contribution is -2.20. The maximum Gasteiger partial charge on any atom is 0.153 e. The van der Waals surface area contributed by atoms with Crippen LogP contribution in [0.4, 0.5) is 0 Å². The van der Waals surface area contributed by atoms with E-state index in [9.17, 15) is 0 Å². The van der Waals surface area contributed by atoms with Gasteiger partial charge in [0.1, 0.15) is 0 Å². The van der Waals surface area contributed by atoms with Crippen LogP contribution < -0.4 is 5.32 Å². The van der Waals surface area contributed by atoms with Gasteiger partial charge in [-0.05, 0) is 53.0 Å². The van der Waals surface area contributed by atoms with Crippen LogP contribution in [0.3, 0.4) is 0 Å². The highest BCUT2D eigenvalue weighted by atomic mass is 79.9. The second-order valence-corrected chi connectivity index (χ2v) is 5.39. The van der Waals surface area contributed by atoms with Crippen molar-refractivity contribution >= 4 is 15.9 Å². The van der Waals surface area contributed by atoms with Gasteiger partial charge in [0.15, 0.2) is 5.82 Å². The van der Waals surface area contributed by atoms with Crippen LogP contribution in [0.25, 0.3) is 5.82 Å². The van der Waals surface area contributed by atoms with E-state index < -0.39 is 0 Å². The number of aryl methyl sites for hydroxylation is 1. The molecule has 0 amide bonds. The van der Waals surface area contributed by atoms with Crippen molar-refractivity contribution in [3.8, 4) is 5.82 Å². The molecular formula is C14H19BrN4O. The monoisotopic (exact) mass is 338 g/mol. The average Bonchev–Trinajstić information content (AvgIpc) is 2.92. The number of nitrogens with one attached hydrogen (secondary N) is 1. The van der Waals surface area contributed by atoms with Gasteiger partial charge in [0.25, 0.3) is 0 Å². The van der Waals surface area contributed by atoms with Crippen LogP contribution >= 0.6 is 15.9 Å². The third-order valence-electron chi connectivity index (χ3n) is 2.88. The predicted octanol–water partition coefficient (Wildman–Crippen LogP) is 2.20. The van der Waals surface area contributed by atoms with Gasteiger partial charge < -0.3 is 10.1 Å². The first-order valence-electron chi connectivity index (χ1n) is 6.65. The second kappa shape index (κ2) is 8.14. The molecule has 0 spiro atoms. The van der Waals surface area contributed by atoms with Gasteiger partial charge in [-0.2, -0.15) is 5.10 Å². The Kier molecular flexibility index (Phi) is 6.17. The minimum atomic E-state index is 0.757. The van der Waals surface area contributed by atoms with Crippen LogP contribution in [0, 0.1) is 0 Å². The number of pyridine rings is 1. The molecular weight excluding hydrogens is 320 g/mol. The molecule has 0 bridgehead atoms. The molecule has 20 heavy (non-hydrogen) atoms. The first kappa shape index (κ1) is 15.2. The van der Waals surface area contributed by atoms with Gasteiger partial charge in [0, 0.05) is 30.5 Å². The SMILES string of the molecule is COCCNCCCc1cnn(-c2ccc(Br)cn2)c1. The highest BCUT2D eigenvalue weighted by Crippen LogP contribution is 2.11. The van der Waals surface area contributed by atoms with Gasteiger partial charge >= 0.3 is 0 Å². The first-order chi connectivity index (χ1) is 9.79. The third-order valence-corrected chi connectivity index (χ3v) is 3.35. The van der Waals surface area contributed by atoms with Gasteiger partial charge in [-0.15, -0.1) is 0 Å². The Morgan fingerprint density at radius 1 is 1.30 bits per heavy atom. The summed E-state index contributed by atoms with van der Waals surface area (Å²) in [5.74, 6) is 0.831. The minimum absolute atomic E-state index is 0.757. The number of methoxy groups -OCH3 is 1. The lowest BCUT2D eigenvalue weighted by Gasteiger charge is -2.02. The van der Waals surface area contributed by atoms with E-state index >= 15 is 0 Å². The van der Waals surface area contributed by atoms with Gasteiger partial charge in [-0.1, -0.05) is 0 Å². The minimum Gasteiger partial charge on any atom is -0.383 e. The smallest absolute Gasteiger partial charge is 0.153 e. The molecule has 0 saturated heterocycles. The van der Waals surface area contributed by atoms with Gasteiger partial charge in [0.2, 0.25) is 0 Å². The summed E-state index contributed by atoms with van der Waals surface area (Å²) in [5.41, 5.74) is 1.23. The van der Waals surface area contributed by atoms with Crippen LogP contribution in [-0.2, 0) is 11.2 Å². The molecule has 0 unspecified atom stereocenters. The van der Waals surface area contributed by atoms with Crippen molar-refractivity contribution in [1.82, 2.24) is 20.1 Å². The summed E-state index contributed by atoms with van der Waals surface area (Å²) in [7, 11) is 1.71. The highest BCUT2D eigenvalue weighted by molar-refractivity contribution is 9.10. The number of hydrogen-bond donors (Lipinski definition) is 1. The molecule has 0 aliphatic rings. The predicted molar refractivity (Wildman–Crippen MR) is 82.1 cm³/mol. The van der Waals surface area contributed by atoms with E-state index in [-0.39, 0.29) is 0 Å². The summed E-state index contributed by atoms with van der Waals surface area (Å²) < 4.78 is 7.76. The molecule has 2 heterocycles. The fraction of sp³-hybridized carbons (Fsp3) is 0.429. The van der Waals surface area contributed by atoms with Crippen molar-refractivity contribution in [3.05, 3.63) is 40.8 Å². The number of nitrogens with zero attached hydrogens (tertiary/aromatic N) is 3. The number of rotatable bonds is 8. The zero-order valence-corrected chi connectivity index (χ0v) is 13.1. The van der Waals surface area contributed by atoms with E-state index in [1.807, 2.05) is 24.5 Å². The van der Waals surface area contributed by atoms with Crippen LogP contribution in [0.15, 0.2) is 35.2 Å². The van der Waals surface area contributed by atoms with Crippen LogP contribution in [0.1, 0.15) is 12.0 Å². The molecule has 0 fully saturated rings. The quantitative estimate of drug-likeness (QED) is 0.749. The van der Waals surface area contributed by atoms with Crippen LogP contribution in [-0.4, -0.2) is 41.6 Å². The number of hydrogen-bond acceptors (Lipinski definition) is 4. The molecule has 2 aromatic heterocycles. The molecule has 0 radical (unpaired) electrons. The maximum absolute atomic E-state index is 4.98. The van der Waals surface area contributed by atoms with E-state index in [1.54, 1.807) is 18.0 Å². The molecule has 2 aromatic rings. The molecule has 0 aliphatic heterocycles. The lowest BCUT2D eigenvalue weighted by molar-refractivity contribution is 0.199. The van der Waals surface area contributed by atoms with E-state index in [0.29, 0.717) is 0 Å². The van der Waals surface area contributed by atoms with Crippen molar-refractivity contribution in [2.24, 2.45) is 0 Å². The summed E-state index contributed by atoms with van der Waals surface area (Å²) >= 11 is 3.38. The summed E-state index contributed by atoms with van der Waals surface area (Å²) in [6.45, 7) is 2.65. The zero-order chi connectivity index (χ0) is 14.2. The third kappa shape index (κ3) is 4.70. The van der Waals surface area contributed by atoms with Crippen LogP contribution in [0.2, 0.25) is 0 Å². The average molecular weight is 339 g/mol. The summed E-state index contributed by atoms with van der Waals surface area (Å²) in [6, 6.07) is 3.90. The topological polar surface area (TPSA) is 52.0 Å². The molecule has 0 atom stereocenters. The number of ether oxygens (including phenoxy) is 1. The van der Waals surface area contributed by atoms with Crippen molar-refractivity contribution < 1.29 is 4.74 Å². The van der Waals surface area contributed by atoms with E-state index in [4.69, 9.17) is 4.74 Å². The van der Waals surface area contributed by atoms with Crippen molar-refractivity contribution in [2.75, 3.05) is 26.8 Å². The van der Waals surface area contributed by atoms with E-state index in [2.05, 4.69) is 31.3 Å². The zero-order valence-electron chi connectivity index (χ0n) is 11.6. The molecule has 6 heteroatoms. The molecule has 1 N–H and O–H groups in total. The fourth-order valence-electron chi connectivity index (χ4n) is 1.83. The molecule has 0 aromatic carbocycles.